The number of rotatable bonds is 1. The molecular formula is C13H14N4O2. The molecule has 3 rings (SSSR count). The molecular weight excluding hydrogens is 244 g/mol. The summed E-state index contributed by atoms with van der Waals surface area (Å²) in [6.07, 6.45) is 0.931. The third kappa shape index (κ3) is 1.81. The summed E-state index contributed by atoms with van der Waals surface area (Å²) in [4.78, 5) is 12.9. The number of hydrogen-bond acceptors (Lipinski definition) is 3. The number of benzene rings is 1. The summed E-state index contributed by atoms with van der Waals surface area (Å²) in [6.45, 7) is 0.717. The number of hydrogen-bond donors (Lipinski definition) is 2. The van der Waals surface area contributed by atoms with E-state index in [4.69, 9.17) is 5.11 Å². The van der Waals surface area contributed by atoms with E-state index in [-0.39, 0.29) is 0 Å². The van der Waals surface area contributed by atoms with Crippen molar-refractivity contribution >= 4 is 17.5 Å². The van der Waals surface area contributed by atoms with Crippen LogP contribution in [-0.4, -0.2) is 28.0 Å². The molecule has 0 radical (unpaired) electrons. The molecule has 0 atom stereocenters. The Bertz CT molecular complexity index is 663. The smallest absolute Gasteiger partial charge is 0.409 e. The second kappa shape index (κ2) is 4.01. The van der Waals surface area contributed by atoms with E-state index in [0.717, 1.165) is 22.5 Å². The van der Waals surface area contributed by atoms with Gasteiger partial charge in [-0.3, -0.25) is 10.00 Å². The van der Waals surface area contributed by atoms with Gasteiger partial charge in [-0.15, -0.1) is 0 Å². The Kier molecular flexibility index (Phi) is 2.45. The number of nitrogens with zero attached hydrogens (tertiary/aromatic N) is 3. The number of fused-ring (bicyclic) bond motifs is 3. The predicted octanol–water partition coefficient (Wildman–Crippen LogP) is 2.13. The lowest BCUT2D eigenvalue weighted by Gasteiger charge is -2.28. The predicted molar refractivity (Wildman–Crippen MR) is 72.4 cm³/mol. The lowest BCUT2D eigenvalue weighted by Crippen LogP contribution is -2.23. The summed E-state index contributed by atoms with van der Waals surface area (Å²) in [5.74, 6) is 0. The fraction of sp³-hybridized carbons (Fsp3) is 0.231. The van der Waals surface area contributed by atoms with E-state index in [2.05, 4.69) is 10.4 Å². The first-order chi connectivity index (χ1) is 9.06. The molecule has 0 saturated heterocycles. The third-order valence-corrected chi connectivity index (χ3v) is 3.23. The van der Waals surface area contributed by atoms with Crippen LogP contribution in [0, 0.1) is 0 Å². The van der Waals surface area contributed by atoms with Crippen LogP contribution in [0.25, 0.3) is 11.3 Å². The van der Waals surface area contributed by atoms with Crippen molar-refractivity contribution in [3.05, 3.63) is 30.0 Å². The molecule has 0 saturated carbocycles. The SMILES string of the molecule is CN1Cc2cn(C)nc2-c2cccc(NC(=O)O)c21. The van der Waals surface area contributed by atoms with Gasteiger partial charge < -0.3 is 10.0 Å². The molecule has 2 heterocycles. The Morgan fingerprint density at radius 2 is 2.21 bits per heavy atom. The van der Waals surface area contributed by atoms with E-state index < -0.39 is 6.09 Å². The average molecular weight is 258 g/mol. The molecule has 19 heavy (non-hydrogen) atoms. The van der Waals surface area contributed by atoms with Gasteiger partial charge in [0.1, 0.15) is 0 Å². The van der Waals surface area contributed by atoms with Crippen LogP contribution < -0.4 is 10.2 Å². The van der Waals surface area contributed by atoms with Gasteiger partial charge in [0, 0.05) is 38.0 Å². The quantitative estimate of drug-likeness (QED) is 0.822. The minimum absolute atomic E-state index is 0.587. The van der Waals surface area contributed by atoms with Crippen LogP contribution in [0.3, 0.4) is 0 Å². The maximum Gasteiger partial charge on any atom is 0.409 e. The number of para-hydroxylation sites is 1. The van der Waals surface area contributed by atoms with Crippen LogP contribution in [-0.2, 0) is 13.6 Å². The Morgan fingerprint density at radius 1 is 1.42 bits per heavy atom. The number of anilines is 2. The number of aryl methyl sites for hydroxylation is 1. The van der Waals surface area contributed by atoms with Gasteiger partial charge in [-0.25, -0.2) is 4.79 Å². The van der Waals surface area contributed by atoms with Crippen molar-refractivity contribution in [1.82, 2.24) is 9.78 Å². The molecule has 6 nitrogen and oxygen atoms in total. The second-order valence-corrected chi connectivity index (χ2v) is 4.66. The summed E-state index contributed by atoms with van der Waals surface area (Å²) in [5, 5.41) is 15.8. The summed E-state index contributed by atoms with van der Waals surface area (Å²) in [6, 6.07) is 5.56. The largest absolute Gasteiger partial charge is 0.465 e. The minimum atomic E-state index is -1.06. The van der Waals surface area contributed by atoms with Crippen molar-refractivity contribution in [3.8, 4) is 11.3 Å². The highest BCUT2D eigenvalue weighted by Crippen LogP contribution is 2.41. The lowest BCUT2D eigenvalue weighted by atomic mass is 9.99. The zero-order chi connectivity index (χ0) is 13.6. The van der Waals surface area contributed by atoms with E-state index >= 15 is 0 Å². The number of carbonyl (C=O) groups is 1. The van der Waals surface area contributed by atoms with Crippen LogP contribution >= 0.6 is 0 Å². The maximum absolute atomic E-state index is 10.9. The van der Waals surface area contributed by atoms with Crippen molar-refractivity contribution in [2.24, 2.45) is 7.05 Å². The van der Waals surface area contributed by atoms with Gasteiger partial charge in [0.25, 0.3) is 0 Å². The molecule has 0 aliphatic carbocycles. The number of aromatic nitrogens is 2. The highest BCUT2D eigenvalue weighted by Gasteiger charge is 2.25. The van der Waals surface area contributed by atoms with Crippen molar-refractivity contribution < 1.29 is 9.90 Å². The molecule has 0 spiro atoms. The summed E-state index contributed by atoms with van der Waals surface area (Å²) < 4.78 is 1.78. The van der Waals surface area contributed by atoms with Crippen molar-refractivity contribution in [1.29, 1.82) is 0 Å². The van der Waals surface area contributed by atoms with Gasteiger partial charge >= 0.3 is 6.09 Å². The first kappa shape index (κ1) is 11.6. The first-order valence-corrected chi connectivity index (χ1v) is 5.93. The maximum atomic E-state index is 10.9. The summed E-state index contributed by atoms with van der Waals surface area (Å²) >= 11 is 0. The van der Waals surface area contributed by atoms with Crippen LogP contribution in [0.4, 0.5) is 16.2 Å². The molecule has 1 aromatic carbocycles. The Balaban J connectivity index is 2.20. The topological polar surface area (TPSA) is 70.4 Å². The minimum Gasteiger partial charge on any atom is -0.465 e. The van der Waals surface area contributed by atoms with E-state index in [9.17, 15) is 4.79 Å². The van der Waals surface area contributed by atoms with Gasteiger partial charge in [0.2, 0.25) is 0 Å². The molecule has 0 bridgehead atoms. The third-order valence-electron chi connectivity index (χ3n) is 3.23. The fourth-order valence-electron chi connectivity index (χ4n) is 2.58. The molecule has 1 aromatic heterocycles. The Morgan fingerprint density at radius 3 is 2.95 bits per heavy atom. The van der Waals surface area contributed by atoms with E-state index in [1.165, 1.54) is 0 Å². The standard InChI is InChI=1S/C13H14N4O2/c1-16-6-8-7-17(2)15-11(8)9-4-3-5-10(12(9)16)14-13(18)19/h3-5,7,14H,6H2,1-2H3,(H,18,19). The zero-order valence-electron chi connectivity index (χ0n) is 10.7. The Labute approximate surface area is 110 Å². The lowest BCUT2D eigenvalue weighted by molar-refractivity contribution is 0.210. The van der Waals surface area contributed by atoms with Gasteiger partial charge in [0.15, 0.2) is 0 Å². The molecule has 2 aromatic rings. The van der Waals surface area contributed by atoms with Crippen molar-refractivity contribution in [2.75, 3.05) is 17.3 Å². The average Bonchev–Trinajstić information content (AvgIpc) is 2.69. The highest BCUT2D eigenvalue weighted by molar-refractivity contribution is 5.95. The van der Waals surface area contributed by atoms with Gasteiger partial charge in [0.05, 0.1) is 17.1 Å². The number of amides is 1. The van der Waals surface area contributed by atoms with Crippen molar-refractivity contribution in [2.45, 2.75) is 6.54 Å². The molecule has 6 heteroatoms. The van der Waals surface area contributed by atoms with Crippen LogP contribution in [0.5, 0.6) is 0 Å². The van der Waals surface area contributed by atoms with Gasteiger partial charge in [-0.05, 0) is 6.07 Å². The molecule has 98 valence electrons. The molecule has 1 aliphatic rings. The van der Waals surface area contributed by atoms with Gasteiger partial charge in [-0.1, -0.05) is 12.1 Å². The molecule has 1 aliphatic heterocycles. The first-order valence-electron chi connectivity index (χ1n) is 5.93. The van der Waals surface area contributed by atoms with Crippen LogP contribution in [0.2, 0.25) is 0 Å². The molecule has 2 N–H and O–H groups in total. The number of carboxylic acid groups (broad SMARTS) is 1. The zero-order valence-corrected chi connectivity index (χ0v) is 10.7. The summed E-state index contributed by atoms with van der Waals surface area (Å²) in [7, 11) is 3.83. The van der Waals surface area contributed by atoms with Gasteiger partial charge in [-0.2, -0.15) is 5.10 Å². The van der Waals surface area contributed by atoms with Crippen LogP contribution in [0.15, 0.2) is 24.4 Å². The summed E-state index contributed by atoms with van der Waals surface area (Å²) in [5.41, 5.74) is 4.48. The molecule has 0 unspecified atom stereocenters. The van der Waals surface area contributed by atoms with Crippen molar-refractivity contribution in [3.63, 3.8) is 0 Å². The van der Waals surface area contributed by atoms with E-state index in [1.54, 1.807) is 10.7 Å². The molecule has 1 amide bonds. The fourth-order valence-corrected chi connectivity index (χ4v) is 2.58. The molecule has 0 fully saturated rings. The Hall–Kier alpha value is -2.50. The number of nitrogens with one attached hydrogen (secondary N) is 1. The van der Waals surface area contributed by atoms with E-state index in [0.29, 0.717) is 12.2 Å². The highest BCUT2D eigenvalue weighted by atomic mass is 16.4. The van der Waals surface area contributed by atoms with E-state index in [1.807, 2.05) is 37.3 Å². The van der Waals surface area contributed by atoms with Crippen LogP contribution in [0.1, 0.15) is 5.56 Å². The normalized spacial score (nSPS) is 12.8. The second-order valence-electron chi connectivity index (χ2n) is 4.66. The monoisotopic (exact) mass is 258 g/mol.